The molecule has 1 unspecified atom stereocenters. The van der Waals surface area contributed by atoms with Gasteiger partial charge in [0.1, 0.15) is 5.69 Å². The molecule has 1 aromatic heterocycles. The molecule has 1 atom stereocenters. The van der Waals surface area contributed by atoms with Crippen LogP contribution in [0.3, 0.4) is 0 Å². The number of nitrogens with two attached hydrogens (primary N) is 1. The van der Waals surface area contributed by atoms with Crippen molar-refractivity contribution in [2.75, 3.05) is 6.54 Å². The number of hydrogen-bond donors (Lipinski definition) is 1. The van der Waals surface area contributed by atoms with Gasteiger partial charge in [0.15, 0.2) is 5.78 Å². The van der Waals surface area contributed by atoms with Crippen LogP contribution in [-0.2, 0) is 6.54 Å². The summed E-state index contributed by atoms with van der Waals surface area (Å²) >= 11 is 3.40. The summed E-state index contributed by atoms with van der Waals surface area (Å²) in [6, 6.07) is 0. The molecule has 1 rings (SSSR count). The maximum Gasteiger partial charge on any atom is 0.182 e. The van der Waals surface area contributed by atoms with E-state index in [-0.39, 0.29) is 5.78 Å². The van der Waals surface area contributed by atoms with Crippen molar-refractivity contribution in [2.45, 2.75) is 46.1 Å². The molecule has 2 N–H and O–H groups in total. The Kier molecular flexibility index (Phi) is 6.57. The highest BCUT2D eigenvalue weighted by Gasteiger charge is 2.17. The van der Waals surface area contributed by atoms with Crippen LogP contribution in [0.15, 0.2) is 10.7 Å². The lowest BCUT2D eigenvalue weighted by Crippen LogP contribution is -2.13. The van der Waals surface area contributed by atoms with E-state index in [1.807, 2.05) is 0 Å². The molecule has 0 radical (unpaired) electrons. The third-order valence-electron chi connectivity index (χ3n) is 3.02. The third kappa shape index (κ3) is 4.21. The SMILES string of the molecule is CCCn1ncc(Br)c1C(=O)CCC(C)CCN. The van der Waals surface area contributed by atoms with Crippen molar-refractivity contribution in [1.82, 2.24) is 9.78 Å². The van der Waals surface area contributed by atoms with Crippen LogP contribution >= 0.6 is 15.9 Å². The minimum atomic E-state index is 0.164. The van der Waals surface area contributed by atoms with E-state index in [1.54, 1.807) is 10.9 Å². The Morgan fingerprint density at radius 3 is 2.89 bits per heavy atom. The number of ketones is 1. The molecule has 0 amide bonds. The fourth-order valence-electron chi connectivity index (χ4n) is 1.95. The van der Waals surface area contributed by atoms with Gasteiger partial charge in [-0.25, -0.2) is 0 Å². The van der Waals surface area contributed by atoms with Gasteiger partial charge in [0.25, 0.3) is 0 Å². The molecular formula is C13H22BrN3O. The minimum Gasteiger partial charge on any atom is -0.330 e. The van der Waals surface area contributed by atoms with E-state index in [0.717, 1.165) is 30.3 Å². The van der Waals surface area contributed by atoms with Crippen LogP contribution in [0, 0.1) is 5.92 Å². The van der Waals surface area contributed by atoms with Crippen LogP contribution in [0.4, 0.5) is 0 Å². The number of aryl methyl sites for hydroxylation is 1. The van der Waals surface area contributed by atoms with E-state index in [2.05, 4.69) is 34.9 Å². The number of rotatable bonds is 8. The number of halogens is 1. The smallest absolute Gasteiger partial charge is 0.182 e. The summed E-state index contributed by atoms with van der Waals surface area (Å²) in [7, 11) is 0. The lowest BCUT2D eigenvalue weighted by Gasteiger charge is -2.10. The van der Waals surface area contributed by atoms with Crippen molar-refractivity contribution >= 4 is 21.7 Å². The molecule has 1 heterocycles. The average Bonchev–Trinajstić information content (AvgIpc) is 2.69. The van der Waals surface area contributed by atoms with E-state index in [1.165, 1.54) is 0 Å². The molecule has 0 aliphatic heterocycles. The van der Waals surface area contributed by atoms with Crippen molar-refractivity contribution in [3.8, 4) is 0 Å². The maximum absolute atomic E-state index is 12.2. The number of hydrogen-bond acceptors (Lipinski definition) is 3. The van der Waals surface area contributed by atoms with Gasteiger partial charge >= 0.3 is 0 Å². The first-order valence-electron chi connectivity index (χ1n) is 6.54. The maximum atomic E-state index is 12.2. The molecule has 0 aliphatic carbocycles. The second-order valence-corrected chi connectivity index (χ2v) is 5.56. The normalized spacial score (nSPS) is 12.7. The first-order valence-corrected chi connectivity index (χ1v) is 7.34. The molecule has 0 aromatic carbocycles. The molecule has 0 fully saturated rings. The summed E-state index contributed by atoms with van der Waals surface area (Å²) in [6.45, 7) is 5.68. The van der Waals surface area contributed by atoms with Gasteiger partial charge in [0.05, 0.1) is 10.7 Å². The highest BCUT2D eigenvalue weighted by Crippen LogP contribution is 2.20. The molecule has 4 nitrogen and oxygen atoms in total. The summed E-state index contributed by atoms with van der Waals surface area (Å²) in [5.41, 5.74) is 6.22. The molecule has 0 bridgehead atoms. The predicted molar refractivity (Wildman–Crippen MR) is 76.6 cm³/mol. The Hall–Kier alpha value is -0.680. The molecular weight excluding hydrogens is 294 g/mol. The molecule has 0 aliphatic rings. The molecule has 102 valence electrons. The lowest BCUT2D eigenvalue weighted by molar-refractivity contribution is 0.0962. The van der Waals surface area contributed by atoms with Crippen LogP contribution in [0.2, 0.25) is 0 Å². The standard InChI is InChI=1S/C13H22BrN3O/c1-3-8-17-13(11(14)9-16-17)12(18)5-4-10(2)6-7-15/h9-10H,3-8,15H2,1-2H3. The lowest BCUT2D eigenvalue weighted by atomic mass is 9.99. The van der Waals surface area contributed by atoms with Gasteiger partial charge < -0.3 is 5.73 Å². The van der Waals surface area contributed by atoms with E-state index in [0.29, 0.717) is 24.6 Å². The van der Waals surface area contributed by atoms with Crippen molar-refractivity contribution in [3.63, 3.8) is 0 Å². The summed E-state index contributed by atoms with van der Waals surface area (Å²) in [4.78, 5) is 12.2. The first kappa shape index (κ1) is 15.4. The van der Waals surface area contributed by atoms with Gasteiger partial charge in [0.2, 0.25) is 0 Å². The van der Waals surface area contributed by atoms with Crippen LogP contribution in [0.1, 0.15) is 50.0 Å². The Morgan fingerprint density at radius 2 is 2.28 bits per heavy atom. The molecule has 5 heteroatoms. The van der Waals surface area contributed by atoms with Crippen LogP contribution < -0.4 is 5.73 Å². The van der Waals surface area contributed by atoms with Crippen molar-refractivity contribution in [3.05, 3.63) is 16.4 Å². The molecule has 1 aromatic rings. The largest absolute Gasteiger partial charge is 0.330 e. The summed E-state index contributed by atoms with van der Waals surface area (Å²) < 4.78 is 2.59. The van der Waals surface area contributed by atoms with Gasteiger partial charge in [-0.2, -0.15) is 5.10 Å². The fourth-order valence-corrected chi connectivity index (χ4v) is 2.46. The average molecular weight is 316 g/mol. The monoisotopic (exact) mass is 315 g/mol. The van der Waals surface area contributed by atoms with Crippen LogP contribution in [-0.4, -0.2) is 22.1 Å². The fraction of sp³-hybridized carbons (Fsp3) is 0.692. The number of nitrogens with zero attached hydrogens (tertiary/aromatic N) is 2. The Labute approximate surface area is 117 Å². The summed E-state index contributed by atoms with van der Waals surface area (Å²) in [6.07, 6.45) is 5.10. The number of Topliss-reactive ketones (excluding diaryl/α,β-unsaturated/α-hetero) is 1. The predicted octanol–water partition coefficient (Wildman–Crippen LogP) is 3.00. The third-order valence-corrected chi connectivity index (χ3v) is 3.60. The zero-order chi connectivity index (χ0) is 13.5. The number of aromatic nitrogens is 2. The van der Waals surface area contributed by atoms with Crippen LogP contribution in [0.25, 0.3) is 0 Å². The van der Waals surface area contributed by atoms with Gasteiger partial charge in [0, 0.05) is 13.0 Å². The zero-order valence-corrected chi connectivity index (χ0v) is 12.7. The zero-order valence-electron chi connectivity index (χ0n) is 11.2. The van der Waals surface area contributed by atoms with Gasteiger partial charge in [-0.05, 0) is 47.7 Å². The van der Waals surface area contributed by atoms with Crippen molar-refractivity contribution < 1.29 is 4.79 Å². The topological polar surface area (TPSA) is 60.9 Å². The summed E-state index contributed by atoms with van der Waals surface area (Å²) in [5, 5.41) is 4.22. The van der Waals surface area contributed by atoms with Gasteiger partial charge in [-0.3, -0.25) is 9.48 Å². The Morgan fingerprint density at radius 1 is 1.56 bits per heavy atom. The van der Waals surface area contributed by atoms with E-state index in [9.17, 15) is 4.79 Å². The van der Waals surface area contributed by atoms with E-state index in [4.69, 9.17) is 5.73 Å². The minimum absolute atomic E-state index is 0.164. The number of carbonyl (C=O) groups is 1. The Balaban J connectivity index is 2.63. The quantitative estimate of drug-likeness (QED) is 0.750. The summed E-state index contributed by atoms with van der Waals surface area (Å²) in [5.74, 6) is 0.664. The first-order chi connectivity index (χ1) is 8.60. The highest BCUT2D eigenvalue weighted by molar-refractivity contribution is 9.10. The van der Waals surface area contributed by atoms with Gasteiger partial charge in [-0.15, -0.1) is 0 Å². The second-order valence-electron chi connectivity index (χ2n) is 4.71. The Bertz CT molecular complexity index is 390. The van der Waals surface area contributed by atoms with Crippen molar-refractivity contribution in [1.29, 1.82) is 0 Å². The molecule has 0 spiro atoms. The van der Waals surface area contributed by atoms with E-state index >= 15 is 0 Å². The molecule has 18 heavy (non-hydrogen) atoms. The second kappa shape index (κ2) is 7.69. The molecule has 0 saturated carbocycles. The van der Waals surface area contributed by atoms with Gasteiger partial charge in [-0.1, -0.05) is 13.8 Å². The van der Waals surface area contributed by atoms with Crippen molar-refractivity contribution in [2.24, 2.45) is 11.7 Å². The highest BCUT2D eigenvalue weighted by atomic mass is 79.9. The molecule has 0 saturated heterocycles. The number of carbonyl (C=O) groups excluding carboxylic acids is 1. The van der Waals surface area contributed by atoms with Crippen LogP contribution in [0.5, 0.6) is 0 Å². The van der Waals surface area contributed by atoms with E-state index < -0.39 is 0 Å².